The zero-order valence-corrected chi connectivity index (χ0v) is 7.88. The van der Waals surface area contributed by atoms with Gasteiger partial charge < -0.3 is 4.74 Å². The molecule has 0 aliphatic rings. The van der Waals surface area contributed by atoms with Crippen LogP contribution in [0, 0.1) is 0 Å². The average molecular weight is 187 g/mol. The molecule has 3 nitrogen and oxygen atoms in total. The Morgan fingerprint density at radius 1 is 1.50 bits per heavy atom. The van der Waals surface area contributed by atoms with Crippen LogP contribution in [0.3, 0.4) is 0 Å². The summed E-state index contributed by atoms with van der Waals surface area (Å²) in [6.45, 7) is 4.03. The first kappa shape index (κ1) is 9.26. The van der Waals surface area contributed by atoms with Gasteiger partial charge in [-0.3, -0.25) is 0 Å². The minimum atomic E-state index is 0.167. The van der Waals surface area contributed by atoms with Crippen molar-refractivity contribution in [2.24, 2.45) is 0 Å². The van der Waals surface area contributed by atoms with Crippen LogP contribution >= 0.6 is 11.6 Å². The molecule has 0 aromatic carbocycles. The molecular weight excluding hydrogens is 176 g/mol. The highest BCUT2D eigenvalue weighted by Crippen LogP contribution is 2.10. The summed E-state index contributed by atoms with van der Waals surface area (Å²) in [7, 11) is 0. The van der Waals surface area contributed by atoms with E-state index in [4.69, 9.17) is 16.3 Å². The molecule has 0 aliphatic carbocycles. The first-order chi connectivity index (χ1) is 5.72. The standard InChI is InChI=1S/C8H11ClN2O/c1-3-6(2)12-8-5-10-7(9)4-11-8/h4-6H,3H2,1-2H3. The SMILES string of the molecule is CCC(C)Oc1cnc(Cl)cn1. The average Bonchev–Trinajstić information content (AvgIpc) is 2.09. The third kappa shape index (κ3) is 2.66. The van der Waals surface area contributed by atoms with E-state index in [-0.39, 0.29) is 6.10 Å². The number of hydrogen-bond donors (Lipinski definition) is 0. The largest absolute Gasteiger partial charge is 0.474 e. The molecule has 0 saturated carbocycles. The van der Waals surface area contributed by atoms with Crippen LogP contribution in [0.25, 0.3) is 0 Å². The molecule has 0 aliphatic heterocycles. The second-order valence-electron chi connectivity index (χ2n) is 2.51. The molecule has 66 valence electrons. The van der Waals surface area contributed by atoms with Crippen LogP contribution < -0.4 is 4.74 Å². The summed E-state index contributed by atoms with van der Waals surface area (Å²) in [5, 5.41) is 0.381. The van der Waals surface area contributed by atoms with Crippen molar-refractivity contribution in [2.75, 3.05) is 0 Å². The number of nitrogens with zero attached hydrogens (tertiary/aromatic N) is 2. The van der Waals surface area contributed by atoms with Gasteiger partial charge in [0.25, 0.3) is 0 Å². The van der Waals surface area contributed by atoms with Crippen LogP contribution in [0.15, 0.2) is 12.4 Å². The second-order valence-corrected chi connectivity index (χ2v) is 2.90. The Balaban J connectivity index is 2.58. The third-order valence-electron chi connectivity index (χ3n) is 1.49. The number of aromatic nitrogens is 2. The van der Waals surface area contributed by atoms with Crippen molar-refractivity contribution in [3.63, 3.8) is 0 Å². The molecule has 12 heavy (non-hydrogen) atoms. The van der Waals surface area contributed by atoms with Crippen LogP contribution in [0.4, 0.5) is 0 Å². The third-order valence-corrected chi connectivity index (χ3v) is 1.69. The maximum absolute atomic E-state index is 5.55. The minimum Gasteiger partial charge on any atom is -0.474 e. The van der Waals surface area contributed by atoms with E-state index in [0.29, 0.717) is 11.0 Å². The molecule has 0 radical (unpaired) electrons. The van der Waals surface area contributed by atoms with Gasteiger partial charge in [-0.15, -0.1) is 0 Å². The van der Waals surface area contributed by atoms with Gasteiger partial charge in [0.1, 0.15) is 5.15 Å². The van der Waals surface area contributed by atoms with E-state index in [1.807, 2.05) is 13.8 Å². The Hall–Kier alpha value is -0.830. The predicted molar refractivity (Wildman–Crippen MR) is 47.4 cm³/mol. The first-order valence-corrected chi connectivity index (χ1v) is 4.24. The molecule has 0 amide bonds. The second kappa shape index (κ2) is 4.26. The van der Waals surface area contributed by atoms with Crippen molar-refractivity contribution >= 4 is 11.6 Å². The fraction of sp³-hybridized carbons (Fsp3) is 0.500. The van der Waals surface area contributed by atoms with E-state index in [1.54, 1.807) is 0 Å². The summed E-state index contributed by atoms with van der Waals surface area (Å²) >= 11 is 5.55. The molecule has 1 aromatic rings. The van der Waals surface area contributed by atoms with Gasteiger partial charge >= 0.3 is 0 Å². The molecule has 1 heterocycles. The van der Waals surface area contributed by atoms with Gasteiger partial charge in [-0.05, 0) is 13.3 Å². The Labute approximate surface area is 76.7 Å². The molecule has 4 heteroatoms. The van der Waals surface area contributed by atoms with Crippen molar-refractivity contribution in [2.45, 2.75) is 26.4 Å². The highest BCUT2D eigenvalue weighted by atomic mass is 35.5. The highest BCUT2D eigenvalue weighted by molar-refractivity contribution is 6.29. The van der Waals surface area contributed by atoms with Crippen molar-refractivity contribution in [1.29, 1.82) is 0 Å². The summed E-state index contributed by atoms with van der Waals surface area (Å²) in [4.78, 5) is 7.79. The van der Waals surface area contributed by atoms with Crippen molar-refractivity contribution in [3.05, 3.63) is 17.5 Å². The van der Waals surface area contributed by atoms with Crippen LogP contribution in [0.2, 0.25) is 5.15 Å². The highest BCUT2D eigenvalue weighted by Gasteiger charge is 2.01. The molecule has 1 rings (SSSR count). The van der Waals surface area contributed by atoms with Gasteiger partial charge in [0.2, 0.25) is 5.88 Å². The van der Waals surface area contributed by atoms with Crippen molar-refractivity contribution in [3.8, 4) is 5.88 Å². The molecule has 1 unspecified atom stereocenters. The van der Waals surface area contributed by atoms with Gasteiger partial charge in [0, 0.05) is 0 Å². The van der Waals surface area contributed by atoms with Crippen LogP contribution in [0.1, 0.15) is 20.3 Å². The maximum Gasteiger partial charge on any atom is 0.232 e. The molecule has 1 atom stereocenters. The minimum absolute atomic E-state index is 0.167. The maximum atomic E-state index is 5.55. The fourth-order valence-corrected chi connectivity index (χ4v) is 0.748. The Morgan fingerprint density at radius 3 is 2.75 bits per heavy atom. The summed E-state index contributed by atoms with van der Waals surface area (Å²) in [5.41, 5.74) is 0. The fourth-order valence-electron chi connectivity index (χ4n) is 0.651. The monoisotopic (exact) mass is 186 g/mol. The van der Waals surface area contributed by atoms with Crippen LogP contribution in [-0.2, 0) is 0 Å². The van der Waals surface area contributed by atoms with Gasteiger partial charge in [-0.2, -0.15) is 0 Å². The molecule has 0 bridgehead atoms. The normalized spacial score (nSPS) is 12.6. The number of halogens is 1. The van der Waals surface area contributed by atoms with E-state index in [2.05, 4.69) is 9.97 Å². The Kier molecular flexibility index (Phi) is 3.29. The lowest BCUT2D eigenvalue weighted by Gasteiger charge is -2.10. The Bertz CT molecular complexity index is 237. The van der Waals surface area contributed by atoms with E-state index in [0.717, 1.165) is 6.42 Å². The van der Waals surface area contributed by atoms with E-state index >= 15 is 0 Å². The van der Waals surface area contributed by atoms with Gasteiger partial charge in [0.05, 0.1) is 18.5 Å². The predicted octanol–water partition coefficient (Wildman–Crippen LogP) is 2.31. The molecule has 1 aromatic heterocycles. The number of hydrogen-bond acceptors (Lipinski definition) is 3. The molecule has 0 N–H and O–H groups in total. The van der Waals surface area contributed by atoms with Gasteiger partial charge in [-0.25, -0.2) is 9.97 Å². The van der Waals surface area contributed by atoms with Gasteiger partial charge in [-0.1, -0.05) is 18.5 Å². The van der Waals surface area contributed by atoms with E-state index in [1.165, 1.54) is 12.4 Å². The topological polar surface area (TPSA) is 35.0 Å². The Morgan fingerprint density at radius 2 is 2.25 bits per heavy atom. The lowest BCUT2D eigenvalue weighted by molar-refractivity contribution is 0.207. The van der Waals surface area contributed by atoms with Crippen LogP contribution in [-0.4, -0.2) is 16.1 Å². The zero-order chi connectivity index (χ0) is 8.97. The summed E-state index contributed by atoms with van der Waals surface area (Å²) in [6, 6.07) is 0. The van der Waals surface area contributed by atoms with Crippen molar-refractivity contribution < 1.29 is 4.74 Å². The lowest BCUT2D eigenvalue weighted by Crippen LogP contribution is -2.10. The lowest BCUT2D eigenvalue weighted by atomic mass is 10.3. The summed E-state index contributed by atoms with van der Waals surface area (Å²) < 4.78 is 5.39. The molecular formula is C8H11ClN2O. The number of ether oxygens (including phenoxy) is 1. The van der Waals surface area contributed by atoms with Gasteiger partial charge in [0.15, 0.2) is 0 Å². The number of rotatable bonds is 3. The molecule has 0 saturated heterocycles. The zero-order valence-electron chi connectivity index (χ0n) is 7.12. The van der Waals surface area contributed by atoms with E-state index in [9.17, 15) is 0 Å². The first-order valence-electron chi connectivity index (χ1n) is 3.86. The summed E-state index contributed by atoms with van der Waals surface area (Å²) in [5.74, 6) is 0.522. The van der Waals surface area contributed by atoms with Crippen LogP contribution in [0.5, 0.6) is 5.88 Å². The van der Waals surface area contributed by atoms with Crippen molar-refractivity contribution in [1.82, 2.24) is 9.97 Å². The molecule has 0 fully saturated rings. The quantitative estimate of drug-likeness (QED) is 0.727. The summed E-state index contributed by atoms with van der Waals surface area (Å²) in [6.07, 6.45) is 4.11. The van der Waals surface area contributed by atoms with E-state index < -0.39 is 0 Å². The molecule has 0 spiro atoms. The smallest absolute Gasteiger partial charge is 0.232 e.